The van der Waals surface area contributed by atoms with Gasteiger partial charge in [0.15, 0.2) is 6.23 Å². The Morgan fingerprint density at radius 2 is 2.03 bits per heavy atom. The van der Waals surface area contributed by atoms with Crippen LogP contribution in [0.2, 0.25) is 0 Å². The predicted octanol–water partition coefficient (Wildman–Crippen LogP) is 0.310. The first kappa shape index (κ1) is 23.1. The van der Waals surface area contributed by atoms with Crippen LogP contribution < -0.4 is 11.4 Å². The molecule has 0 amide bonds. The fraction of sp³-hybridized carbons (Fsp3) is 0.421. The molecule has 32 heavy (non-hydrogen) atoms. The van der Waals surface area contributed by atoms with E-state index in [1.807, 2.05) is 0 Å². The number of aromatic nitrogens is 2. The van der Waals surface area contributed by atoms with Gasteiger partial charge in [0, 0.05) is 23.7 Å². The first-order chi connectivity index (χ1) is 15.2. The number of ether oxygens (including phenoxy) is 3. The first-order valence-electron chi connectivity index (χ1n) is 9.58. The van der Waals surface area contributed by atoms with Crippen molar-refractivity contribution in [2.75, 3.05) is 18.9 Å². The molecule has 3 rings (SSSR count). The SMILES string of the molecule is CC(COC(=O)OC[C@H]1O[C@@H](n2ccc(N)nc2=O)[C@H](O)[C@@H]1O)c1ccccc1[N+](=O)[O-]. The minimum atomic E-state index is -1.48. The minimum Gasteiger partial charge on any atom is -0.434 e. The lowest BCUT2D eigenvalue weighted by atomic mass is 10.0. The van der Waals surface area contributed by atoms with Gasteiger partial charge in [-0.2, -0.15) is 4.98 Å². The molecule has 1 saturated heterocycles. The molecule has 0 bridgehead atoms. The Morgan fingerprint density at radius 1 is 1.31 bits per heavy atom. The molecule has 1 aromatic carbocycles. The van der Waals surface area contributed by atoms with Crippen LogP contribution in [-0.4, -0.2) is 62.4 Å². The highest BCUT2D eigenvalue weighted by atomic mass is 16.7. The van der Waals surface area contributed by atoms with E-state index in [0.29, 0.717) is 5.56 Å². The Balaban J connectivity index is 1.54. The maximum atomic E-state index is 11.9. The van der Waals surface area contributed by atoms with E-state index in [1.165, 1.54) is 24.4 Å². The quantitative estimate of drug-likeness (QED) is 0.299. The van der Waals surface area contributed by atoms with Crippen LogP contribution in [0.15, 0.2) is 41.3 Å². The average Bonchev–Trinajstić information content (AvgIpc) is 3.04. The van der Waals surface area contributed by atoms with Gasteiger partial charge in [0.25, 0.3) is 5.69 Å². The monoisotopic (exact) mass is 450 g/mol. The molecule has 0 radical (unpaired) electrons. The average molecular weight is 450 g/mol. The van der Waals surface area contributed by atoms with E-state index < -0.39 is 53.8 Å². The highest BCUT2D eigenvalue weighted by molar-refractivity contribution is 5.60. The smallest absolute Gasteiger partial charge is 0.434 e. The predicted molar refractivity (Wildman–Crippen MR) is 108 cm³/mol. The standard InChI is InChI=1S/C19H22N4O9/c1-10(11-4-2-3-5-12(11)23(28)29)8-30-19(27)31-9-13-15(24)16(25)17(32-13)22-7-6-14(20)21-18(22)26/h2-7,10,13,15-17,24-25H,8-9H2,1H3,(H2,20,21,26)/t10?,13-,15-,16-,17-/m1/s1. The zero-order valence-electron chi connectivity index (χ0n) is 16.9. The molecule has 13 heteroatoms. The molecule has 13 nitrogen and oxygen atoms in total. The zero-order valence-corrected chi connectivity index (χ0v) is 16.9. The molecule has 1 unspecified atom stereocenters. The molecule has 1 fully saturated rings. The molecule has 4 N–H and O–H groups in total. The Hall–Kier alpha value is -3.55. The lowest BCUT2D eigenvalue weighted by Gasteiger charge is -2.17. The fourth-order valence-electron chi connectivity index (χ4n) is 3.26. The summed E-state index contributed by atoms with van der Waals surface area (Å²) in [4.78, 5) is 38.0. The second kappa shape index (κ2) is 9.72. The van der Waals surface area contributed by atoms with Crippen molar-refractivity contribution < 1.29 is 34.1 Å². The number of aliphatic hydroxyl groups is 2. The lowest BCUT2D eigenvalue weighted by Crippen LogP contribution is -2.36. The number of nitro benzene ring substituents is 1. The largest absolute Gasteiger partial charge is 0.508 e. The van der Waals surface area contributed by atoms with Crippen molar-refractivity contribution in [1.29, 1.82) is 0 Å². The summed E-state index contributed by atoms with van der Waals surface area (Å²) in [5, 5.41) is 31.5. The highest BCUT2D eigenvalue weighted by Gasteiger charge is 2.44. The van der Waals surface area contributed by atoms with E-state index in [-0.39, 0.29) is 18.1 Å². The van der Waals surface area contributed by atoms with E-state index >= 15 is 0 Å². The summed E-state index contributed by atoms with van der Waals surface area (Å²) in [6.45, 7) is 0.999. The van der Waals surface area contributed by atoms with Gasteiger partial charge in [-0.05, 0) is 6.07 Å². The molecule has 0 spiro atoms. The Morgan fingerprint density at radius 3 is 2.72 bits per heavy atom. The van der Waals surface area contributed by atoms with Crippen LogP contribution in [-0.2, 0) is 14.2 Å². The number of benzene rings is 1. The molecule has 1 aromatic heterocycles. The van der Waals surface area contributed by atoms with Crippen LogP contribution in [0.25, 0.3) is 0 Å². The Labute approximate surface area is 181 Å². The van der Waals surface area contributed by atoms with Crippen molar-refractivity contribution in [3.63, 3.8) is 0 Å². The highest BCUT2D eigenvalue weighted by Crippen LogP contribution is 2.29. The maximum absolute atomic E-state index is 11.9. The fourth-order valence-corrected chi connectivity index (χ4v) is 3.26. The Kier molecular flexibility index (Phi) is 7.02. The van der Waals surface area contributed by atoms with Crippen molar-refractivity contribution >= 4 is 17.7 Å². The van der Waals surface area contributed by atoms with Crippen LogP contribution in [0.5, 0.6) is 0 Å². The van der Waals surface area contributed by atoms with Gasteiger partial charge in [0.1, 0.15) is 37.3 Å². The number of nitrogen functional groups attached to an aromatic ring is 1. The van der Waals surface area contributed by atoms with Crippen LogP contribution in [0.4, 0.5) is 16.3 Å². The van der Waals surface area contributed by atoms with Crippen LogP contribution in [0.3, 0.4) is 0 Å². The summed E-state index contributed by atoms with van der Waals surface area (Å²) < 4.78 is 16.3. The maximum Gasteiger partial charge on any atom is 0.508 e. The number of nitro groups is 1. The molecular formula is C19H22N4O9. The number of nitrogens with zero attached hydrogens (tertiary/aromatic N) is 3. The van der Waals surface area contributed by atoms with Gasteiger partial charge >= 0.3 is 11.8 Å². The van der Waals surface area contributed by atoms with Gasteiger partial charge in [-0.1, -0.05) is 25.1 Å². The van der Waals surface area contributed by atoms with E-state index in [9.17, 15) is 29.9 Å². The van der Waals surface area contributed by atoms with Crippen LogP contribution >= 0.6 is 0 Å². The number of para-hydroxylation sites is 1. The number of aliphatic hydroxyl groups excluding tert-OH is 2. The summed E-state index contributed by atoms with van der Waals surface area (Å²) >= 11 is 0. The van der Waals surface area contributed by atoms with E-state index in [1.54, 1.807) is 19.1 Å². The van der Waals surface area contributed by atoms with Crippen LogP contribution in [0, 0.1) is 10.1 Å². The number of anilines is 1. The molecule has 2 aromatic rings. The number of nitrogens with two attached hydrogens (primary N) is 1. The summed E-state index contributed by atoms with van der Waals surface area (Å²) in [5.41, 5.74) is 4.94. The normalized spacial score (nSPS) is 23.5. The molecule has 0 aliphatic carbocycles. The van der Waals surface area contributed by atoms with Gasteiger partial charge in [0.2, 0.25) is 0 Å². The number of rotatable bonds is 7. The number of carbonyl (C=O) groups is 1. The second-order valence-corrected chi connectivity index (χ2v) is 7.18. The molecule has 1 aliphatic rings. The number of carbonyl (C=O) groups excluding carboxylic acids is 1. The molecule has 5 atom stereocenters. The third kappa shape index (κ3) is 5.01. The van der Waals surface area contributed by atoms with Crippen molar-refractivity contribution in [2.24, 2.45) is 0 Å². The molecule has 1 aliphatic heterocycles. The summed E-state index contributed by atoms with van der Waals surface area (Å²) in [5.74, 6) is -0.495. The van der Waals surface area contributed by atoms with Crippen molar-refractivity contribution in [3.05, 3.63) is 62.7 Å². The van der Waals surface area contributed by atoms with Gasteiger partial charge in [-0.3, -0.25) is 14.7 Å². The van der Waals surface area contributed by atoms with Crippen molar-refractivity contribution in [1.82, 2.24) is 9.55 Å². The Bertz CT molecular complexity index is 1040. The summed E-state index contributed by atoms with van der Waals surface area (Å²) in [7, 11) is 0. The zero-order chi connectivity index (χ0) is 23.4. The van der Waals surface area contributed by atoms with Gasteiger partial charge in [0.05, 0.1) is 4.92 Å². The minimum absolute atomic E-state index is 0.0167. The molecular weight excluding hydrogens is 428 g/mol. The molecule has 0 saturated carbocycles. The third-order valence-electron chi connectivity index (χ3n) is 4.94. The van der Waals surface area contributed by atoms with Gasteiger partial charge in [-0.25, -0.2) is 9.59 Å². The third-order valence-corrected chi connectivity index (χ3v) is 4.94. The number of hydrogen-bond acceptors (Lipinski definition) is 11. The van der Waals surface area contributed by atoms with Gasteiger partial charge in [-0.15, -0.1) is 0 Å². The van der Waals surface area contributed by atoms with E-state index in [0.717, 1.165) is 4.57 Å². The van der Waals surface area contributed by atoms with Crippen LogP contribution in [0.1, 0.15) is 24.6 Å². The van der Waals surface area contributed by atoms with Crippen molar-refractivity contribution in [3.8, 4) is 0 Å². The summed E-state index contributed by atoms with van der Waals surface area (Å²) in [6, 6.07) is 7.41. The first-order valence-corrected chi connectivity index (χ1v) is 9.58. The summed E-state index contributed by atoms with van der Waals surface area (Å²) in [6.07, 6.45) is -5.17. The van der Waals surface area contributed by atoms with Gasteiger partial charge < -0.3 is 30.2 Å². The second-order valence-electron chi connectivity index (χ2n) is 7.18. The molecule has 172 valence electrons. The lowest BCUT2D eigenvalue weighted by molar-refractivity contribution is -0.385. The van der Waals surface area contributed by atoms with E-state index in [4.69, 9.17) is 19.9 Å². The number of hydrogen-bond donors (Lipinski definition) is 3. The van der Waals surface area contributed by atoms with E-state index in [2.05, 4.69) is 4.98 Å². The topological polar surface area (TPSA) is 189 Å². The molecule has 2 heterocycles. The van der Waals surface area contributed by atoms with Crippen molar-refractivity contribution in [2.45, 2.75) is 37.4 Å².